The van der Waals surface area contributed by atoms with Crippen LogP contribution >= 0.6 is 0 Å². The molecule has 25 heavy (non-hydrogen) atoms. The van der Waals surface area contributed by atoms with Crippen molar-refractivity contribution >= 4 is 11.8 Å². The van der Waals surface area contributed by atoms with Crippen LogP contribution in [0.15, 0.2) is 18.2 Å². The highest BCUT2D eigenvalue weighted by atomic mass is 16.5. The molecule has 0 aromatic heterocycles. The molecule has 1 fully saturated rings. The second-order valence-corrected chi connectivity index (χ2v) is 5.87. The lowest BCUT2D eigenvalue weighted by atomic mass is 10.1. The lowest BCUT2D eigenvalue weighted by Gasteiger charge is -2.29. The van der Waals surface area contributed by atoms with Crippen LogP contribution in [-0.2, 0) is 20.7 Å². The van der Waals surface area contributed by atoms with Crippen LogP contribution in [0.2, 0.25) is 0 Å². The lowest BCUT2D eigenvalue weighted by molar-refractivity contribution is -0.142. The van der Waals surface area contributed by atoms with Gasteiger partial charge in [-0.15, -0.1) is 0 Å². The molecular formula is C18H26N2O5. The van der Waals surface area contributed by atoms with Crippen molar-refractivity contribution in [1.29, 1.82) is 0 Å². The monoisotopic (exact) mass is 350 g/mol. The van der Waals surface area contributed by atoms with E-state index < -0.39 is 0 Å². The van der Waals surface area contributed by atoms with Crippen molar-refractivity contribution in [3.05, 3.63) is 23.8 Å². The van der Waals surface area contributed by atoms with Crippen molar-refractivity contribution < 1.29 is 23.8 Å². The maximum absolute atomic E-state index is 12.3. The first-order valence-electron chi connectivity index (χ1n) is 8.37. The first-order valence-corrected chi connectivity index (χ1v) is 8.37. The zero-order chi connectivity index (χ0) is 18.2. The number of nitrogens with zero attached hydrogens (tertiary/aromatic N) is 2. The Hall–Kier alpha value is -2.28. The molecule has 2 rings (SSSR count). The second kappa shape index (κ2) is 9.27. The standard InChI is InChI=1S/C18H26N2O5/c1-14(21)20(13-18(22)19-8-10-25-11-9-19)7-6-15-4-5-16(23-2)17(12-15)24-3/h4-5,12H,6-11,13H2,1-3H3. The Morgan fingerprint density at radius 1 is 1.16 bits per heavy atom. The van der Waals surface area contributed by atoms with Crippen LogP contribution in [0.4, 0.5) is 0 Å². The van der Waals surface area contributed by atoms with E-state index in [2.05, 4.69) is 0 Å². The highest BCUT2D eigenvalue weighted by Gasteiger charge is 2.21. The summed E-state index contributed by atoms with van der Waals surface area (Å²) in [4.78, 5) is 27.6. The van der Waals surface area contributed by atoms with E-state index in [0.717, 1.165) is 5.56 Å². The zero-order valence-corrected chi connectivity index (χ0v) is 15.1. The average molecular weight is 350 g/mol. The van der Waals surface area contributed by atoms with Crippen molar-refractivity contribution in [2.24, 2.45) is 0 Å². The van der Waals surface area contributed by atoms with E-state index in [4.69, 9.17) is 14.2 Å². The minimum absolute atomic E-state index is 0.0363. The molecule has 0 atom stereocenters. The normalized spacial score (nSPS) is 14.1. The molecule has 0 unspecified atom stereocenters. The summed E-state index contributed by atoms with van der Waals surface area (Å²) >= 11 is 0. The van der Waals surface area contributed by atoms with Gasteiger partial charge in [0, 0.05) is 26.6 Å². The predicted octanol–water partition coefficient (Wildman–Crippen LogP) is 0.954. The van der Waals surface area contributed by atoms with Crippen LogP contribution in [0.5, 0.6) is 11.5 Å². The van der Waals surface area contributed by atoms with Gasteiger partial charge < -0.3 is 24.0 Å². The number of carbonyl (C=O) groups excluding carboxylic acids is 2. The van der Waals surface area contributed by atoms with E-state index in [-0.39, 0.29) is 18.4 Å². The molecule has 1 heterocycles. The molecule has 1 aliphatic heterocycles. The highest BCUT2D eigenvalue weighted by Crippen LogP contribution is 2.27. The molecule has 0 N–H and O–H groups in total. The van der Waals surface area contributed by atoms with Gasteiger partial charge in [0.2, 0.25) is 11.8 Å². The van der Waals surface area contributed by atoms with Crippen molar-refractivity contribution in [2.45, 2.75) is 13.3 Å². The Labute approximate surface area is 148 Å². The molecule has 0 spiro atoms. The second-order valence-electron chi connectivity index (χ2n) is 5.87. The maximum atomic E-state index is 12.3. The number of hydrogen-bond acceptors (Lipinski definition) is 5. The van der Waals surface area contributed by atoms with Gasteiger partial charge in [-0.3, -0.25) is 9.59 Å². The van der Waals surface area contributed by atoms with E-state index in [0.29, 0.717) is 50.8 Å². The number of carbonyl (C=O) groups is 2. The summed E-state index contributed by atoms with van der Waals surface area (Å²) in [5.41, 5.74) is 1.02. The Balaban J connectivity index is 1.95. The molecule has 1 saturated heterocycles. The van der Waals surface area contributed by atoms with Crippen molar-refractivity contribution in [3.63, 3.8) is 0 Å². The van der Waals surface area contributed by atoms with E-state index in [9.17, 15) is 9.59 Å². The van der Waals surface area contributed by atoms with Gasteiger partial charge in [-0.25, -0.2) is 0 Å². The molecule has 0 radical (unpaired) electrons. The number of morpholine rings is 1. The molecule has 1 aromatic rings. The van der Waals surface area contributed by atoms with Crippen molar-refractivity contribution in [3.8, 4) is 11.5 Å². The topological polar surface area (TPSA) is 68.3 Å². The third-order valence-electron chi connectivity index (χ3n) is 4.25. The average Bonchev–Trinajstić information content (AvgIpc) is 2.65. The Kier molecular flexibility index (Phi) is 7.06. The molecule has 0 saturated carbocycles. The van der Waals surface area contributed by atoms with E-state index in [1.54, 1.807) is 24.0 Å². The Bertz CT molecular complexity index is 599. The van der Waals surface area contributed by atoms with Gasteiger partial charge in [-0.2, -0.15) is 0 Å². The van der Waals surface area contributed by atoms with Gasteiger partial charge in [-0.05, 0) is 24.1 Å². The van der Waals surface area contributed by atoms with Crippen LogP contribution in [-0.4, -0.2) is 75.2 Å². The van der Waals surface area contributed by atoms with Gasteiger partial charge >= 0.3 is 0 Å². The van der Waals surface area contributed by atoms with Crippen LogP contribution in [0.3, 0.4) is 0 Å². The van der Waals surface area contributed by atoms with Crippen molar-refractivity contribution in [2.75, 3.05) is 53.6 Å². The summed E-state index contributed by atoms with van der Waals surface area (Å²) in [6.45, 7) is 4.33. The number of ether oxygens (including phenoxy) is 3. The number of amides is 2. The van der Waals surface area contributed by atoms with Crippen LogP contribution in [0, 0.1) is 0 Å². The van der Waals surface area contributed by atoms with Crippen LogP contribution in [0.25, 0.3) is 0 Å². The summed E-state index contributed by atoms with van der Waals surface area (Å²) < 4.78 is 15.8. The van der Waals surface area contributed by atoms with Gasteiger partial charge in [0.25, 0.3) is 0 Å². The fourth-order valence-corrected chi connectivity index (χ4v) is 2.72. The lowest BCUT2D eigenvalue weighted by Crippen LogP contribution is -2.47. The molecule has 0 bridgehead atoms. The summed E-state index contributed by atoms with van der Waals surface area (Å²) in [5.74, 6) is 1.17. The molecule has 138 valence electrons. The molecule has 0 aliphatic carbocycles. The first-order chi connectivity index (χ1) is 12.0. The van der Waals surface area contributed by atoms with Gasteiger partial charge in [-0.1, -0.05) is 6.07 Å². The third kappa shape index (κ3) is 5.35. The predicted molar refractivity (Wildman–Crippen MR) is 92.9 cm³/mol. The number of rotatable bonds is 7. The fourth-order valence-electron chi connectivity index (χ4n) is 2.72. The first kappa shape index (κ1) is 19.1. The van der Waals surface area contributed by atoms with Crippen LogP contribution < -0.4 is 9.47 Å². The quantitative estimate of drug-likeness (QED) is 0.732. The summed E-state index contributed by atoms with van der Waals surface area (Å²) in [6.07, 6.45) is 0.635. The van der Waals surface area contributed by atoms with Gasteiger partial charge in [0.1, 0.15) is 0 Å². The number of hydrogen-bond donors (Lipinski definition) is 0. The largest absolute Gasteiger partial charge is 0.493 e. The molecule has 1 aliphatic rings. The molecule has 2 amide bonds. The smallest absolute Gasteiger partial charge is 0.242 e. The van der Waals surface area contributed by atoms with E-state index in [1.165, 1.54) is 6.92 Å². The van der Waals surface area contributed by atoms with Gasteiger partial charge in [0.05, 0.1) is 34.0 Å². The fraction of sp³-hybridized carbons (Fsp3) is 0.556. The minimum Gasteiger partial charge on any atom is -0.493 e. The van der Waals surface area contributed by atoms with Crippen LogP contribution in [0.1, 0.15) is 12.5 Å². The number of methoxy groups -OCH3 is 2. The summed E-state index contributed by atoms with van der Waals surface area (Å²) in [6, 6.07) is 5.66. The summed E-state index contributed by atoms with van der Waals surface area (Å²) in [5, 5.41) is 0. The Morgan fingerprint density at radius 2 is 1.84 bits per heavy atom. The third-order valence-corrected chi connectivity index (χ3v) is 4.25. The number of benzene rings is 1. The molecule has 1 aromatic carbocycles. The van der Waals surface area contributed by atoms with E-state index >= 15 is 0 Å². The Morgan fingerprint density at radius 3 is 2.44 bits per heavy atom. The van der Waals surface area contributed by atoms with Gasteiger partial charge in [0.15, 0.2) is 11.5 Å². The summed E-state index contributed by atoms with van der Waals surface area (Å²) in [7, 11) is 3.18. The highest BCUT2D eigenvalue weighted by molar-refractivity contribution is 5.83. The molecule has 7 heteroatoms. The maximum Gasteiger partial charge on any atom is 0.242 e. The molecule has 7 nitrogen and oxygen atoms in total. The SMILES string of the molecule is COc1ccc(CCN(CC(=O)N2CCOCC2)C(C)=O)cc1OC. The van der Waals surface area contributed by atoms with Crippen molar-refractivity contribution in [1.82, 2.24) is 9.80 Å². The molecular weight excluding hydrogens is 324 g/mol. The van der Waals surface area contributed by atoms with E-state index in [1.807, 2.05) is 18.2 Å². The minimum atomic E-state index is -0.109. The zero-order valence-electron chi connectivity index (χ0n) is 15.1.